The number of ether oxygens (including phenoxy) is 5. The van der Waals surface area contributed by atoms with Gasteiger partial charge in [-0.05, 0) is 30.8 Å². The van der Waals surface area contributed by atoms with Crippen molar-refractivity contribution in [1.82, 2.24) is 0 Å². The predicted octanol–water partition coefficient (Wildman–Crippen LogP) is 6.22. The van der Waals surface area contributed by atoms with Gasteiger partial charge in [-0.2, -0.15) is 0 Å². The van der Waals surface area contributed by atoms with Crippen LogP contribution in [0.1, 0.15) is 41.5 Å². The molecule has 0 unspecified atom stereocenters. The Morgan fingerprint density at radius 3 is 0.679 bits per heavy atom. The average Bonchev–Trinajstić information content (AvgIpc) is 3.16. The molecule has 0 bridgehead atoms. The molecule has 4 aromatic rings. The van der Waals surface area contributed by atoms with E-state index in [4.69, 9.17) is 32.5 Å². The summed E-state index contributed by atoms with van der Waals surface area (Å²) in [6.45, 7) is 19.9. The molecule has 0 aliphatic heterocycles. The molecule has 0 spiro atoms. The van der Waals surface area contributed by atoms with Crippen molar-refractivity contribution < 1.29 is 32.5 Å². The molecule has 0 heterocycles. The standard InChI is InChI=1S/C44H62O7Si2/c1-43(2,3)52(39-19-11-7-12-20-39,40-21-13-8-14-22-40)50-37-35-48-33-31-46-29-27-45-28-30-47-32-34-49-36-38-51-53(44(4,5)6,41-23-15-9-16-24-41)42-25-17-10-18-26-42/h7-26H,27-38H2,1-6H3. The first kappa shape index (κ1) is 42.8. The van der Waals surface area contributed by atoms with Crippen molar-refractivity contribution in [3.63, 3.8) is 0 Å². The minimum atomic E-state index is -2.54. The molecular weight excluding hydrogens is 697 g/mol. The molecule has 0 saturated carbocycles. The molecular formula is C44H62O7Si2. The molecule has 0 saturated heterocycles. The molecule has 288 valence electrons. The molecule has 0 radical (unpaired) electrons. The fraction of sp³-hybridized carbons (Fsp3) is 0.455. The summed E-state index contributed by atoms with van der Waals surface area (Å²) < 4.78 is 42.6. The van der Waals surface area contributed by atoms with E-state index in [0.717, 1.165) is 0 Å². The first-order valence-electron chi connectivity index (χ1n) is 19.0. The highest BCUT2D eigenvalue weighted by Gasteiger charge is 2.51. The van der Waals surface area contributed by atoms with Gasteiger partial charge in [0, 0.05) is 0 Å². The van der Waals surface area contributed by atoms with Gasteiger partial charge < -0.3 is 32.5 Å². The van der Waals surface area contributed by atoms with E-state index in [1.807, 2.05) is 0 Å². The second-order valence-electron chi connectivity index (χ2n) is 15.1. The average molecular weight is 759 g/mol. The van der Waals surface area contributed by atoms with Crippen LogP contribution in [0.2, 0.25) is 10.1 Å². The summed E-state index contributed by atoms with van der Waals surface area (Å²) >= 11 is 0. The zero-order valence-corrected chi connectivity index (χ0v) is 34.9. The van der Waals surface area contributed by atoms with Crippen molar-refractivity contribution in [2.75, 3.05) is 79.3 Å². The molecule has 9 heteroatoms. The van der Waals surface area contributed by atoms with E-state index in [1.165, 1.54) is 20.7 Å². The quantitative estimate of drug-likeness (QED) is 0.0622. The van der Waals surface area contributed by atoms with Crippen molar-refractivity contribution in [3.05, 3.63) is 121 Å². The van der Waals surface area contributed by atoms with Gasteiger partial charge in [0.25, 0.3) is 16.6 Å². The summed E-state index contributed by atoms with van der Waals surface area (Å²) in [5, 5.41) is 4.98. The lowest BCUT2D eigenvalue weighted by Crippen LogP contribution is -2.66. The van der Waals surface area contributed by atoms with Crippen molar-refractivity contribution in [2.45, 2.75) is 51.6 Å². The van der Waals surface area contributed by atoms with Gasteiger partial charge in [0.1, 0.15) is 0 Å². The van der Waals surface area contributed by atoms with Gasteiger partial charge >= 0.3 is 0 Å². The van der Waals surface area contributed by atoms with Crippen molar-refractivity contribution in [3.8, 4) is 0 Å². The van der Waals surface area contributed by atoms with Gasteiger partial charge in [-0.1, -0.05) is 163 Å². The van der Waals surface area contributed by atoms with E-state index < -0.39 is 16.6 Å². The topological polar surface area (TPSA) is 64.6 Å². The second kappa shape index (κ2) is 21.8. The Hall–Kier alpha value is -2.97. The third-order valence-electron chi connectivity index (χ3n) is 9.41. The highest BCUT2D eigenvalue weighted by molar-refractivity contribution is 7.00. The SMILES string of the molecule is CC(C)(C)[Si](OCCOCCOCCOCCOCCOCCO[Si](c1ccccc1)(c1ccccc1)C(C)(C)C)(c1ccccc1)c1ccccc1. The summed E-state index contributed by atoms with van der Waals surface area (Å²) in [4.78, 5) is 0. The first-order chi connectivity index (χ1) is 25.6. The maximum absolute atomic E-state index is 6.87. The second-order valence-corrected chi connectivity index (χ2v) is 23.7. The Kier molecular flexibility index (Phi) is 17.6. The van der Waals surface area contributed by atoms with Crippen LogP contribution in [0.25, 0.3) is 0 Å². The van der Waals surface area contributed by atoms with Gasteiger partial charge in [0.2, 0.25) is 0 Å². The normalized spacial score (nSPS) is 12.6. The Labute approximate surface area is 321 Å². The lowest BCUT2D eigenvalue weighted by Gasteiger charge is -2.43. The van der Waals surface area contributed by atoms with Crippen LogP contribution in [-0.2, 0) is 32.5 Å². The van der Waals surface area contributed by atoms with Crippen molar-refractivity contribution >= 4 is 37.4 Å². The summed E-state index contributed by atoms with van der Waals surface area (Å²) in [7, 11) is -5.09. The molecule has 0 amide bonds. The Balaban J connectivity index is 1.03. The van der Waals surface area contributed by atoms with Crippen LogP contribution in [0.5, 0.6) is 0 Å². The van der Waals surface area contributed by atoms with Crippen LogP contribution in [0.15, 0.2) is 121 Å². The lowest BCUT2D eigenvalue weighted by molar-refractivity contribution is -0.0145. The number of rotatable bonds is 24. The van der Waals surface area contributed by atoms with Crippen molar-refractivity contribution in [2.24, 2.45) is 0 Å². The lowest BCUT2D eigenvalue weighted by atomic mass is 10.2. The minimum Gasteiger partial charge on any atom is -0.405 e. The molecule has 7 nitrogen and oxygen atoms in total. The van der Waals surface area contributed by atoms with Gasteiger partial charge in [0.15, 0.2) is 0 Å². The molecule has 0 N–H and O–H groups in total. The van der Waals surface area contributed by atoms with Crippen LogP contribution < -0.4 is 20.7 Å². The zero-order valence-electron chi connectivity index (χ0n) is 32.9. The molecule has 0 aromatic heterocycles. The molecule has 0 aliphatic rings. The van der Waals surface area contributed by atoms with Crippen LogP contribution >= 0.6 is 0 Å². The molecule has 4 aromatic carbocycles. The van der Waals surface area contributed by atoms with Crippen LogP contribution in [0.4, 0.5) is 0 Å². The largest absolute Gasteiger partial charge is 0.405 e. The maximum Gasteiger partial charge on any atom is 0.261 e. The molecule has 0 atom stereocenters. The Bertz CT molecular complexity index is 1330. The highest BCUT2D eigenvalue weighted by atomic mass is 28.4. The molecule has 0 aliphatic carbocycles. The van der Waals surface area contributed by atoms with Gasteiger partial charge in [-0.25, -0.2) is 0 Å². The predicted molar refractivity (Wildman–Crippen MR) is 221 cm³/mol. The van der Waals surface area contributed by atoms with Crippen LogP contribution in [0, 0.1) is 0 Å². The summed E-state index contributed by atoms with van der Waals surface area (Å²) in [6.07, 6.45) is 0. The fourth-order valence-corrected chi connectivity index (χ4v) is 16.1. The Morgan fingerprint density at radius 2 is 0.491 bits per heavy atom. The van der Waals surface area contributed by atoms with E-state index in [1.54, 1.807) is 0 Å². The van der Waals surface area contributed by atoms with E-state index >= 15 is 0 Å². The van der Waals surface area contributed by atoms with Gasteiger partial charge in [0.05, 0.1) is 79.3 Å². The van der Waals surface area contributed by atoms with Crippen LogP contribution in [-0.4, -0.2) is 95.9 Å². The van der Waals surface area contributed by atoms with Crippen molar-refractivity contribution in [1.29, 1.82) is 0 Å². The smallest absolute Gasteiger partial charge is 0.261 e. The van der Waals surface area contributed by atoms with Crippen LogP contribution in [0.3, 0.4) is 0 Å². The minimum absolute atomic E-state index is 0.0550. The maximum atomic E-state index is 6.87. The monoisotopic (exact) mass is 758 g/mol. The van der Waals surface area contributed by atoms with Gasteiger partial charge in [-0.3, -0.25) is 0 Å². The third kappa shape index (κ3) is 12.0. The highest BCUT2D eigenvalue weighted by Crippen LogP contribution is 2.37. The number of hydrogen-bond donors (Lipinski definition) is 0. The number of benzene rings is 4. The Morgan fingerprint density at radius 1 is 0.302 bits per heavy atom. The summed E-state index contributed by atoms with van der Waals surface area (Å²) in [5.41, 5.74) is 0. The summed E-state index contributed by atoms with van der Waals surface area (Å²) in [6, 6.07) is 42.7. The molecule has 4 rings (SSSR count). The van der Waals surface area contributed by atoms with E-state index in [9.17, 15) is 0 Å². The van der Waals surface area contributed by atoms with Gasteiger partial charge in [-0.15, -0.1) is 0 Å². The zero-order chi connectivity index (χ0) is 37.9. The number of hydrogen-bond acceptors (Lipinski definition) is 7. The summed E-state index contributed by atoms with van der Waals surface area (Å²) in [5.74, 6) is 0. The third-order valence-corrected chi connectivity index (χ3v) is 19.5. The van der Waals surface area contributed by atoms with E-state index in [-0.39, 0.29) is 10.1 Å². The van der Waals surface area contributed by atoms with E-state index in [0.29, 0.717) is 79.3 Å². The molecule has 0 fully saturated rings. The van der Waals surface area contributed by atoms with E-state index in [2.05, 4.69) is 163 Å². The molecule has 53 heavy (non-hydrogen) atoms. The first-order valence-corrected chi connectivity index (χ1v) is 22.8. The fourth-order valence-electron chi connectivity index (χ4n) is 7.01.